The first kappa shape index (κ1) is 10.4. The van der Waals surface area contributed by atoms with E-state index >= 15 is 0 Å². The SMILES string of the molecule is C=CCN1C(=O)C=C(c2ccccc2)C1=O. The molecule has 1 aliphatic rings. The number of imide groups is 1. The van der Waals surface area contributed by atoms with Crippen molar-refractivity contribution in [3.05, 3.63) is 54.6 Å². The lowest BCUT2D eigenvalue weighted by Gasteiger charge is -2.11. The van der Waals surface area contributed by atoms with Gasteiger partial charge in [-0.3, -0.25) is 14.5 Å². The fourth-order valence-corrected chi connectivity index (χ4v) is 1.64. The first-order valence-corrected chi connectivity index (χ1v) is 4.98. The molecule has 3 heteroatoms. The van der Waals surface area contributed by atoms with Crippen molar-refractivity contribution in [3.8, 4) is 0 Å². The predicted molar refractivity (Wildman–Crippen MR) is 61.3 cm³/mol. The third-order valence-corrected chi connectivity index (χ3v) is 2.41. The monoisotopic (exact) mass is 213 g/mol. The van der Waals surface area contributed by atoms with E-state index in [1.165, 1.54) is 17.1 Å². The third kappa shape index (κ3) is 1.67. The second-order valence-electron chi connectivity index (χ2n) is 3.47. The lowest BCUT2D eigenvalue weighted by molar-refractivity contribution is -0.135. The number of amides is 2. The van der Waals surface area contributed by atoms with Gasteiger partial charge in [-0.05, 0) is 5.56 Å². The molecule has 0 unspecified atom stereocenters. The summed E-state index contributed by atoms with van der Waals surface area (Å²) in [7, 11) is 0. The van der Waals surface area contributed by atoms with E-state index in [1.54, 1.807) is 0 Å². The Balaban J connectivity index is 2.32. The summed E-state index contributed by atoms with van der Waals surface area (Å²) in [5.74, 6) is -0.528. The van der Waals surface area contributed by atoms with E-state index in [2.05, 4.69) is 6.58 Å². The van der Waals surface area contributed by atoms with Gasteiger partial charge in [-0.25, -0.2) is 0 Å². The molecule has 80 valence electrons. The van der Waals surface area contributed by atoms with Gasteiger partial charge in [0.2, 0.25) is 0 Å². The molecule has 0 saturated heterocycles. The number of carbonyl (C=O) groups excluding carboxylic acids is 2. The van der Waals surface area contributed by atoms with E-state index in [0.717, 1.165) is 5.56 Å². The zero-order valence-electron chi connectivity index (χ0n) is 8.72. The molecule has 0 saturated carbocycles. The number of carbonyl (C=O) groups is 2. The largest absolute Gasteiger partial charge is 0.271 e. The van der Waals surface area contributed by atoms with Crippen molar-refractivity contribution in [2.24, 2.45) is 0 Å². The molecule has 3 nitrogen and oxygen atoms in total. The number of nitrogens with zero attached hydrogens (tertiary/aromatic N) is 1. The van der Waals surface area contributed by atoms with Crippen molar-refractivity contribution < 1.29 is 9.59 Å². The second kappa shape index (κ2) is 4.14. The van der Waals surface area contributed by atoms with E-state index in [-0.39, 0.29) is 18.4 Å². The van der Waals surface area contributed by atoms with E-state index < -0.39 is 0 Å². The average molecular weight is 213 g/mol. The molecule has 0 bridgehead atoms. The highest BCUT2D eigenvalue weighted by atomic mass is 16.2. The standard InChI is InChI=1S/C13H11NO2/c1-2-8-14-12(15)9-11(13(14)16)10-6-4-3-5-7-10/h2-7,9H,1,8H2. The molecule has 0 spiro atoms. The zero-order valence-corrected chi connectivity index (χ0v) is 8.72. The number of hydrogen-bond donors (Lipinski definition) is 0. The molecule has 0 atom stereocenters. The lowest BCUT2D eigenvalue weighted by Crippen LogP contribution is -2.30. The van der Waals surface area contributed by atoms with Gasteiger partial charge in [0.05, 0.1) is 5.57 Å². The number of benzene rings is 1. The minimum atomic E-state index is -0.274. The van der Waals surface area contributed by atoms with Crippen LogP contribution in [0.5, 0.6) is 0 Å². The van der Waals surface area contributed by atoms with Crippen molar-refractivity contribution >= 4 is 17.4 Å². The van der Waals surface area contributed by atoms with Gasteiger partial charge >= 0.3 is 0 Å². The molecule has 0 aromatic heterocycles. The molecule has 1 aromatic carbocycles. The topological polar surface area (TPSA) is 37.4 Å². The van der Waals surface area contributed by atoms with Gasteiger partial charge in [-0.2, -0.15) is 0 Å². The fraction of sp³-hybridized carbons (Fsp3) is 0.0769. The van der Waals surface area contributed by atoms with Gasteiger partial charge in [-0.1, -0.05) is 36.4 Å². The van der Waals surface area contributed by atoms with Crippen molar-refractivity contribution in [2.45, 2.75) is 0 Å². The molecular weight excluding hydrogens is 202 g/mol. The van der Waals surface area contributed by atoms with Crippen LogP contribution in [0.25, 0.3) is 5.57 Å². The quantitative estimate of drug-likeness (QED) is 0.565. The van der Waals surface area contributed by atoms with Gasteiger partial charge in [-0.15, -0.1) is 6.58 Å². The van der Waals surface area contributed by atoms with Crippen LogP contribution in [0.4, 0.5) is 0 Å². The maximum absolute atomic E-state index is 11.9. The molecule has 0 aliphatic carbocycles. The maximum atomic E-state index is 11.9. The molecule has 2 rings (SSSR count). The molecule has 0 radical (unpaired) electrons. The third-order valence-electron chi connectivity index (χ3n) is 2.41. The molecule has 1 aliphatic heterocycles. The van der Waals surface area contributed by atoms with E-state index in [0.29, 0.717) is 5.57 Å². The van der Waals surface area contributed by atoms with Crippen molar-refractivity contribution in [3.63, 3.8) is 0 Å². The predicted octanol–water partition coefficient (Wildman–Crippen LogP) is 1.62. The molecule has 1 aromatic rings. The second-order valence-corrected chi connectivity index (χ2v) is 3.47. The van der Waals surface area contributed by atoms with Crippen molar-refractivity contribution in [1.29, 1.82) is 0 Å². The Morgan fingerprint density at radius 1 is 1.19 bits per heavy atom. The molecule has 2 amide bonds. The Morgan fingerprint density at radius 2 is 1.88 bits per heavy atom. The minimum absolute atomic E-state index is 0.254. The molecule has 1 heterocycles. The van der Waals surface area contributed by atoms with Crippen molar-refractivity contribution in [1.82, 2.24) is 4.90 Å². The van der Waals surface area contributed by atoms with Crippen LogP contribution in [0, 0.1) is 0 Å². The van der Waals surface area contributed by atoms with Crippen LogP contribution in [-0.2, 0) is 9.59 Å². The summed E-state index contributed by atoms with van der Waals surface area (Å²) in [6.07, 6.45) is 2.92. The molecule has 16 heavy (non-hydrogen) atoms. The van der Waals surface area contributed by atoms with Crippen LogP contribution < -0.4 is 0 Å². The van der Waals surface area contributed by atoms with Gasteiger partial charge in [0.1, 0.15) is 0 Å². The Kier molecular flexibility index (Phi) is 2.68. The van der Waals surface area contributed by atoms with E-state index in [4.69, 9.17) is 0 Å². The van der Waals surface area contributed by atoms with Gasteiger partial charge in [0.15, 0.2) is 0 Å². The average Bonchev–Trinajstić information content (AvgIpc) is 2.59. The summed E-state index contributed by atoms with van der Waals surface area (Å²) >= 11 is 0. The van der Waals surface area contributed by atoms with Crippen LogP contribution in [0.1, 0.15) is 5.56 Å². The molecule has 0 fully saturated rings. The normalized spacial score (nSPS) is 15.2. The van der Waals surface area contributed by atoms with Crippen LogP contribution in [0.15, 0.2) is 49.1 Å². The summed E-state index contributed by atoms with van der Waals surface area (Å²) in [6, 6.07) is 9.17. The Labute approximate surface area is 93.7 Å². The van der Waals surface area contributed by atoms with E-state index in [9.17, 15) is 9.59 Å². The smallest absolute Gasteiger partial charge is 0.261 e. The van der Waals surface area contributed by atoms with Gasteiger partial charge < -0.3 is 0 Å². The molecule has 0 N–H and O–H groups in total. The fourth-order valence-electron chi connectivity index (χ4n) is 1.64. The Morgan fingerprint density at radius 3 is 2.50 bits per heavy atom. The summed E-state index contributed by atoms with van der Waals surface area (Å²) in [6.45, 7) is 3.78. The van der Waals surface area contributed by atoms with Crippen LogP contribution >= 0.6 is 0 Å². The van der Waals surface area contributed by atoms with Gasteiger partial charge in [0.25, 0.3) is 11.8 Å². The van der Waals surface area contributed by atoms with Gasteiger partial charge in [0, 0.05) is 12.6 Å². The highest BCUT2D eigenvalue weighted by molar-refractivity contribution is 6.33. The van der Waals surface area contributed by atoms with Crippen LogP contribution in [0.2, 0.25) is 0 Å². The summed E-state index contributed by atoms with van der Waals surface area (Å²) in [4.78, 5) is 24.6. The number of rotatable bonds is 3. The first-order valence-electron chi connectivity index (χ1n) is 4.98. The maximum Gasteiger partial charge on any atom is 0.261 e. The first-order chi connectivity index (χ1) is 7.74. The number of hydrogen-bond acceptors (Lipinski definition) is 2. The Hall–Kier alpha value is -2.16. The summed E-state index contributed by atoms with van der Waals surface area (Å²) in [5.41, 5.74) is 1.22. The van der Waals surface area contributed by atoms with E-state index in [1.807, 2.05) is 30.3 Å². The van der Waals surface area contributed by atoms with Crippen molar-refractivity contribution in [2.75, 3.05) is 6.54 Å². The summed E-state index contributed by atoms with van der Waals surface area (Å²) < 4.78 is 0. The highest BCUT2D eigenvalue weighted by Crippen LogP contribution is 2.22. The Bertz CT molecular complexity index is 474. The van der Waals surface area contributed by atoms with Crippen LogP contribution in [-0.4, -0.2) is 23.3 Å². The zero-order chi connectivity index (χ0) is 11.5. The molecular formula is C13H11NO2. The minimum Gasteiger partial charge on any atom is -0.271 e. The summed E-state index contributed by atoms with van der Waals surface area (Å²) in [5, 5.41) is 0. The highest BCUT2D eigenvalue weighted by Gasteiger charge is 2.30. The van der Waals surface area contributed by atoms with Crippen LogP contribution in [0.3, 0.4) is 0 Å². The lowest BCUT2D eigenvalue weighted by atomic mass is 10.1.